The molecular formula is C25H16ClNO4S. The van der Waals surface area contributed by atoms with Crippen LogP contribution >= 0.6 is 22.9 Å². The third kappa shape index (κ3) is 3.25. The number of carbonyl (C=O) groups is 2. The summed E-state index contributed by atoms with van der Waals surface area (Å²) < 4.78 is 0. The molecule has 1 aliphatic rings. The first kappa shape index (κ1) is 20.3. The van der Waals surface area contributed by atoms with E-state index in [0.29, 0.717) is 15.5 Å². The summed E-state index contributed by atoms with van der Waals surface area (Å²) in [7, 11) is 0. The Hall–Kier alpha value is -3.61. The highest BCUT2D eigenvalue weighted by molar-refractivity contribution is 7.10. The molecule has 0 bridgehead atoms. The Balaban J connectivity index is 1.73. The summed E-state index contributed by atoms with van der Waals surface area (Å²) in [4.78, 5) is 28.1. The number of aliphatic hydroxyl groups excluding tert-OH is 1. The predicted octanol–water partition coefficient (Wildman–Crippen LogP) is 5.89. The number of aromatic hydroxyl groups is 1. The summed E-state index contributed by atoms with van der Waals surface area (Å²) in [6, 6.07) is 20.0. The molecule has 4 aromatic rings. The van der Waals surface area contributed by atoms with Crippen molar-refractivity contribution in [2.75, 3.05) is 4.90 Å². The molecule has 1 aromatic heterocycles. The molecule has 0 spiro atoms. The zero-order valence-electron chi connectivity index (χ0n) is 16.5. The fourth-order valence-electron chi connectivity index (χ4n) is 3.98. The van der Waals surface area contributed by atoms with Crippen LogP contribution in [-0.2, 0) is 9.59 Å². The maximum absolute atomic E-state index is 13.2. The summed E-state index contributed by atoms with van der Waals surface area (Å²) in [6.45, 7) is 0. The number of aliphatic hydroxyl groups is 1. The Morgan fingerprint density at radius 2 is 1.72 bits per heavy atom. The van der Waals surface area contributed by atoms with E-state index >= 15 is 0 Å². The monoisotopic (exact) mass is 461 g/mol. The maximum Gasteiger partial charge on any atom is 0.300 e. The van der Waals surface area contributed by atoms with Crippen LogP contribution in [-0.4, -0.2) is 21.9 Å². The lowest BCUT2D eigenvalue weighted by atomic mass is 9.98. The molecule has 5 nitrogen and oxygen atoms in total. The first-order valence-electron chi connectivity index (χ1n) is 9.78. The molecule has 0 saturated carbocycles. The van der Waals surface area contributed by atoms with E-state index in [9.17, 15) is 19.8 Å². The van der Waals surface area contributed by atoms with Crippen molar-refractivity contribution < 1.29 is 19.8 Å². The second-order valence-corrected chi connectivity index (χ2v) is 8.80. The minimum absolute atomic E-state index is 0.0351. The van der Waals surface area contributed by atoms with Crippen LogP contribution in [0.3, 0.4) is 0 Å². The molecule has 3 aromatic carbocycles. The third-order valence-electron chi connectivity index (χ3n) is 5.48. The van der Waals surface area contributed by atoms with Gasteiger partial charge in [0.15, 0.2) is 0 Å². The molecule has 32 heavy (non-hydrogen) atoms. The van der Waals surface area contributed by atoms with E-state index in [1.807, 2.05) is 35.7 Å². The number of phenolic OH excluding ortho intramolecular Hbond substituents is 1. The van der Waals surface area contributed by atoms with Crippen LogP contribution in [0.2, 0.25) is 5.02 Å². The van der Waals surface area contributed by atoms with Crippen LogP contribution in [0.4, 0.5) is 5.69 Å². The number of hydrogen-bond acceptors (Lipinski definition) is 5. The molecular weight excluding hydrogens is 446 g/mol. The highest BCUT2D eigenvalue weighted by Gasteiger charge is 2.48. The first-order valence-corrected chi connectivity index (χ1v) is 11.0. The SMILES string of the molecule is O=C1C(=O)N(c2cc(Cl)ccc2O)C(c2cccs2)/C1=C(/O)c1ccc2ccccc2c1. The number of Topliss-reactive ketones (excluding diaryl/α,β-unsaturated/α-hetero) is 1. The van der Waals surface area contributed by atoms with Gasteiger partial charge in [-0.1, -0.05) is 54.1 Å². The number of hydrogen-bond donors (Lipinski definition) is 2. The molecule has 0 aliphatic carbocycles. The van der Waals surface area contributed by atoms with Gasteiger partial charge >= 0.3 is 0 Å². The summed E-state index contributed by atoms with van der Waals surface area (Å²) in [5.41, 5.74) is 0.501. The van der Waals surface area contributed by atoms with Crippen molar-refractivity contribution in [3.8, 4) is 5.75 Å². The van der Waals surface area contributed by atoms with Crippen molar-refractivity contribution in [2.45, 2.75) is 6.04 Å². The van der Waals surface area contributed by atoms with Gasteiger partial charge in [-0.15, -0.1) is 11.3 Å². The van der Waals surface area contributed by atoms with Gasteiger partial charge in [-0.2, -0.15) is 0 Å². The Kier molecular flexibility index (Phi) is 4.96. The Morgan fingerprint density at radius 3 is 2.47 bits per heavy atom. The standard InChI is InChI=1S/C25H16ClNO4S/c26-17-9-10-19(28)18(13-17)27-22(20-6-3-11-32-20)21(24(30)25(27)31)23(29)16-8-7-14-4-1-2-5-15(14)12-16/h1-13,22,28-29H/b23-21-. The van der Waals surface area contributed by atoms with E-state index in [-0.39, 0.29) is 22.8 Å². The van der Waals surface area contributed by atoms with Crippen LogP contribution in [0.25, 0.3) is 16.5 Å². The molecule has 2 heterocycles. The summed E-state index contributed by atoms with van der Waals surface area (Å²) in [5.74, 6) is -2.13. The van der Waals surface area contributed by atoms with Crippen molar-refractivity contribution in [1.82, 2.24) is 0 Å². The van der Waals surface area contributed by atoms with Crippen molar-refractivity contribution in [1.29, 1.82) is 0 Å². The van der Waals surface area contributed by atoms with Gasteiger partial charge in [-0.3, -0.25) is 14.5 Å². The van der Waals surface area contributed by atoms with E-state index in [2.05, 4.69) is 0 Å². The molecule has 5 rings (SSSR count). The van der Waals surface area contributed by atoms with E-state index < -0.39 is 17.7 Å². The number of anilines is 1. The number of thiophene rings is 1. The minimum Gasteiger partial charge on any atom is -0.507 e. The van der Waals surface area contributed by atoms with E-state index in [1.165, 1.54) is 34.4 Å². The van der Waals surface area contributed by atoms with Crippen LogP contribution in [0.15, 0.2) is 83.7 Å². The quantitative estimate of drug-likeness (QED) is 0.226. The van der Waals surface area contributed by atoms with Crippen molar-refractivity contribution in [2.24, 2.45) is 0 Å². The van der Waals surface area contributed by atoms with Gasteiger partial charge in [0.2, 0.25) is 0 Å². The average Bonchev–Trinajstić information content (AvgIpc) is 3.42. The second kappa shape index (κ2) is 7.82. The van der Waals surface area contributed by atoms with Gasteiger partial charge in [0, 0.05) is 15.5 Å². The van der Waals surface area contributed by atoms with E-state index in [0.717, 1.165) is 10.8 Å². The number of rotatable bonds is 3. The van der Waals surface area contributed by atoms with Gasteiger partial charge < -0.3 is 10.2 Å². The molecule has 0 radical (unpaired) electrons. The lowest BCUT2D eigenvalue weighted by Gasteiger charge is -2.25. The van der Waals surface area contributed by atoms with Crippen molar-refractivity contribution >= 4 is 56.8 Å². The fourth-order valence-corrected chi connectivity index (χ4v) is 4.97. The number of amides is 1. The molecule has 2 N–H and O–H groups in total. The lowest BCUT2D eigenvalue weighted by molar-refractivity contribution is -0.132. The second-order valence-electron chi connectivity index (χ2n) is 7.38. The summed E-state index contributed by atoms with van der Waals surface area (Å²) >= 11 is 7.46. The molecule has 1 atom stereocenters. The molecule has 1 unspecified atom stereocenters. The molecule has 1 fully saturated rings. The number of ketones is 1. The number of nitrogens with zero attached hydrogens (tertiary/aromatic N) is 1. The minimum atomic E-state index is -0.897. The van der Waals surface area contributed by atoms with Gasteiger partial charge in [0.05, 0.1) is 11.3 Å². The van der Waals surface area contributed by atoms with Crippen LogP contribution < -0.4 is 4.90 Å². The Morgan fingerprint density at radius 1 is 0.938 bits per heavy atom. The van der Waals surface area contributed by atoms with Crippen LogP contribution in [0, 0.1) is 0 Å². The van der Waals surface area contributed by atoms with Crippen molar-refractivity contribution in [3.63, 3.8) is 0 Å². The maximum atomic E-state index is 13.2. The largest absolute Gasteiger partial charge is 0.507 e. The van der Waals surface area contributed by atoms with E-state index in [4.69, 9.17) is 11.6 Å². The van der Waals surface area contributed by atoms with Crippen LogP contribution in [0.5, 0.6) is 5.75 Å². The number of halogens is 1. The molecule has 158 valence electrons. The molecule has 1 saturated heterocycles. The lowest BCUT2D eigenvalue weighted by Crippen LogP contribution is -2.29. The van der Waals surface area contributed by atoms with Gasteiger partial charge in [0.25, 0.3) is 11.7 Å². The zero-order valence-corrected chi connectivity index (χ0v) is 18.1. The topological polar surface area (TPSA) is 77.8 Å². The van der Waals surface area contributed by atoms with Gasteiger partial charge in [-0.05, 0) is 46.5 Å². The highest BCUT2D eigenvalue weighted by atomic mass is 35.5. The normalized spacial score (nSPS) is 17.9. The Labute approximate surface area is 192 Å². The average molecular weight is 462 g/mol. The first-order chi connectivity index (χ1) is 15.5. The Bertz CT molecular complexity index is 1410. The smallest absolute Gasteiger partial charge is 0.300 e. The number of carbonyl (C=O) groups excluding carboxylic acids is 2. The molecule has 1 aliphatic heterocycles. The van der Waals surface area contributed by atoms with E-state index in [1.54, 1.807) is 24.3 Å². The summed E-state index contributed by atoms with van der Waals surface area (Å²) in [5, 5.41) is 25.7. The molecule has 1 amide bonds. The van der Waals surface area contributed by atoms with Crippen LogP contribution in [0.1, 0.15) is 16.5 Å². The number of benzene rings is 3. The number of phenols is 1. The highest BCUT2D eigenvalue weighted by Crippen LogP contribution is 2.46. The number of fused-ring (bicyclic) bond motifs is 1. The third-order valence-corrected chi connectivity index (χ3v) is 6.64. The van der Waals surface area contributed by atoms with Crippen molar-refractivity contribution in [3.05, 3.63) is 99.2 Å². The van der Waals surface area contributed by atoms with Gasteiger partial charge in [-0.25, -0.2) is 0 Å². The summed E-state index contributed by atoms with van der Waals surface area (Å²) in [6.07, 6.45) is 0. The zero-order chi connectivity index (χ0) is 22.4. The molecule has 7 heteroatoms. The fraction of sp³-hybridized carbons (Fsp3) is 0.0400. The van der Waals surface area contributed by atoms with Gasteiger partial charge in [0.1, 0.15) is 17.6 Å². The predicted molar refractivity (Wildman–Crippen MR) is 126 cm³/mol.